The Bertz CT molecular complexity index is 1100. The van der Waals surface area contributed by atoms with E-state index >= 15 is 0 Å². The number of benzene rings is 1. The third-order valence-corrected chi connectivity index (χ3v) is 5.44. The normalized spacial score (nSPS) is 10.9. The minimum Gasteiger partial charge on any atom is -0.462 e. The fourth-order valence-corrected chi connectivity index (χ4v) is 3.86. The van der Waals surface area contributed by atoms with Gasteiger partial charge in [-0.2, -0.15) is 5.10 Å². The number of anilines is 1. The summed E-state index contributed by atoms with van der Waals surface area (Å²) in [6.07, 6.45) is 1.58. The highest BCUT2D eigenvalue weighted by Gasteiger charge is 2.20. The van der Waals surface area contributed by atoms with Crippen molar-refractivity contribution in [2.45, 2.75) is 6.92 Å². The molecule has 1 amide bonds. The summed E-state index contributed by atoms with van der Waals surface area (Å²) < 4.78 is 8.00. The van der Waals surface area contributed by atoms with Crippen LogP contribution in [-0.2, 0) is 7.05 Å². The molecule has 0 radical (unpaired) electrons. The van der Waals surface area contributed by atoms with Gasteiger partial charge >= 0.3 is 0 Å². The smallest absolute Gasteiger partial charge is 0.276 e. The largest absolute Gasteiger partial charge is 0.462 e. The Balaban J connectivity index is 1.65. The molecule has 0 saturated carbocycles. The summed E-state index contributed by atoms with van der Waals surface area (Å²) in [6.45, 7) is 1.92. The van der Waals surface area contributed by atoms with Crippen LogP contribution < -0.4 is 5.32 Å². The van der Waals surface area contributed by atoms with Gasteiger partial charge in [0.15, 0.2) is 10.8 Å². The maximum atomic E-state index is 12.7. The summed E-state index contributed by atoms with van der Waals surface area (Å²) in [5.41, 5.74) is 3.05. The molecule has 6 nitrogen and oxygen atoms in total. The van der Waals surface area contributed by atoms with Gasteiger partial charge in [-0.1, -0.05) is 28.1 Å². The standard InChI is InChI=1S/C19H15BrN4O2S/c1-11-16(12-5-7-13(20)8-6-12)17(24(2)23-11)22-18(25)14-10-27-19(21-14)15-4-3-9-26-15/h3-10H,1-2H3,(H,22,25). The molecule has 3 aromatic heterocycles. The molecule has 0 atom stereocenters. The van der Waals surface area contributed by atoms with Gasteiger partial charge in [-0.3, -0.25) is 9.48 Å². The van der Waals surface area contributed by atoms with Crippen molar-refractivity contribution in [3.8, 4) is 21.9 Å². The predicted molar refractivity (Wildman–Crippen MR) is 109 cm³/mol. The van der Waals surface area contributed by atoms with Crippen LogP contribution in [0.2, 0.25) is 0 Å². The molecule has 0 aliphatic carbocycles. The van der Waals surface area contributed by atoms with Gasteiger partial charge in [0.25, 0.3) is 5.91 Å². The number of nitrogens with zero attached hydrogens (tertiary/aromatic N) is 3. The molecule has 1 aromatic carbocycles. The summed E-state index contributed by atoms with van der Waals surface area (Å²) in [5, 5.41) is 9.79. The van der Waals surface area contributed by atoms with Crippen LogP contribution in [0, 0.1) is 6.92 Å². The highest BCUT2D eigenvalue weighted by molar-refractivity contribution is 9.10. The number of furan rings is 1. The molecule has 0 spiro atoms. The van der Waals surface area contributed by atoms with Gasteiger partial charge in [-0.05, 0) is 36.8 Å². The second kappa shape index (κ2) is 7.13. The minimum absolute atomic E-state index is 0.287. The second-order valence-electron chi connectivity index (χ2n) is 5.91. The molecule has 1 N–H and O–H groups in total. The number of rotatable bonds is 4. The number of aromatic nitrogens is 3. The van der Waals surface area contributed by atoms with Crippen molar-refractivity contribution in [1.29, 1.82) is 0 Å². The molecule has 8 heteroatoms. The molecule has 136 valence electrons. The molecule has 0 unspecified atom stereocenters. The van der Waals surface area contributed by atoms with Crippen LogP contribution in [-0.4, -0.2) is 20.7 Å². The van der Waals surface area contributed by atoms with Gasteiger partial charge < -0.3 is 9.73 Å². The van der Waals surface area contributed by atoms with E-state index in [1.165, 1.54) is 11.3 Å². The van der Waals surface area contributed by atoms with Crippen LogP contribution in [0.5, 0.6) is 0 Å². The number of carbonyl (C=O) groups excluding carboxylic acids is 1. The third-order valence-electron chi connectivity index (χ3n) is 4.06. The Morgan fingerprint density at radius 3 is 2.74 bits per heavy atom. The average molecular weight is 443 g/mol. The summed E-state index contributed by atoms with van der Waals surface area (Å²) in [4.78, 5) is 17.1. The lowest BCUT2D eigenvalue weighted by atomic mass is 10.1. The SMILES string of the molecule is Cc1nn(C)c(NC(=O)c2csc(-c3ccco3)n2)c1-c1ccc(Br)cc1. The van der Waals surface area contributed by atoms with Crippen LogP contribution in [0.3, 0.4) is 0 Å². The zero-order valence-corrected chi connectivity index (χ0v) is 17.0. The molecule has 0 aliphatic heterocycles. The van der Waals surface area contributed by atoms with E-state index < -0.39 is 0 Å². The van der Waals surface area contributed by atoms with E-state index in [-0.39, 0.29) is 5.91 Å². The van der Waals surface area contributed by atoms with Crippen molar-refractivity contribution in [1.82, 2.24) is 14.8 Å². The maximum Gasteiger partial charge on any atom is 0.276 e. The lowest BCUT2D eigenvalue weighted by Gasteiger charge is -2.08. The minimum atomic E-state index is -0.287. The van der Waals surface area contributed by atoms with Crippen LogP contribution in [0.25, 0.3) is 21.9 Å². The molecule has 0 aliphatic rings. The molecular weight excluding hydrogens is 428 g/mol. The summed E-state index contributed by atoms with van der Waals surface area (Å²) in [6, 6.07) is 11.5. The Hall–Kier alpha value is -2.71. The highest BCUT2D eigenvalue weighted by atomic mass is 79.9. The van der Waals surface area contributed by atoms with E-state index in [1.54, 1.807) is 29.4 Å². The maximum absolute atomic E-state index is 12.7. The number of hydrogen-bond donors (Lipinski definition) is 1. The van der Waals surface area contributed by atoms with Crippen molar-refractivity contribution in [2.24, 2.45) is 7.05 Å². The number of aryl methyl sites for hydroxylation is 2. The zero-order valence-electron chi connectivity index (χ0n) is 14.6. The molecule has 0 fully saturated rings. The van der Waals surface area contributed by atoms with E-state index in [9.17, 15) is 4.79 Å². The number of amides is 1. The highest BCUT2D eigenvalue weighted by Crippen LogP contribution is 2.32. The van der Waals surface area contributed by atoms with Crippen molar-refractivity contribution in [2.75, 3.05) is 5.32 Å². The quantitative estimate of drug-likeness (QED) is 0.475. The van der Waals surface area contributed by atoms with Crippen molar-refractivity contribution < 1.29 is 9.21 Å². The number of hydrogen-bond acceptors (Lipinski definition) is 5. The van der Waals surface area contributed by atoms with E-state index in [4.69, 9.17) is 4.42 Å². The lowest BCUT2D eigenvalue weighted by Crippen LogP contribution is -2.15. The Labute approximate surface area is 168 Å². The average Bonchev–Trinajstić information content (AvgIpc) is 3.37. The van der Waals surface area contributed by atoms with E-state index in [0.29, 0.717) is 22.3 Å². The molecule has 0 bridgehead atoms. The van der Waals surface area contributed by atoms with Crippen LogP contribution >= 0.6 is 27.3 Å². The van der Waals surface area contributed by atoms with Crippen LogP contribution in [0.15, 0.2) is 56.9 Å². The summed E-state index contributed by atoms with van der Waals surface area (Å²) >= 11 is 4.81. The fraction of sp³-hybridized carbons (Fsp3) is 0.105. The first-order valence-corrected chi connectivity index (χ1v) is 9.80. The van der Waals surface area contributed by atoms with E-state index in [0.717, 1.165) is 21.3 Å². The van der Waals surface area contributed by atoms with Gasteiger partial charge in [0.2, 0.25) is 0 Å². The Kier molecular flexibility index (Phi) is 4.67. The van der Waals surface area contributed by atoms with E-state index in [1.807, 2.05) is 37.3 Å². The number of nitrogens with one attached hydrogen (secondary N) is 1. The van der Waals surface area contributed by atoms with Crippen LogP contribution in [0.1, 0.15) is 16.2 Å². The Morgan fingerprint density at radius 1 is 1.26 bits per heavy atom. The second-order valence-corrected chi connectivity index (χ2v) is 7.68. The predicted octanol–water partition coefficient (Wildman–Crippen LogP) is 5.13. The summed E-state index contributed by atoms with van der Waals surface area (Å²) in [5.74, 6) is 0.990. The lowest BCUT2D eigenvalue weighted by molar-refractivity contribution is 0.102. The first-order chi connectivity index (χ1) is 13.0. The van der Waals surface area contributed by atoms with Crippen molar-refractivity contribution in [3.63, 3.8) is 0 Å². The fourth-order valence-electron chi connectivity index (χ4n) is 2.83. The van der Waals surface area contributed by atoms with Gasteiger partial charge in [-0.15, -0.1) is 11.3 Å². The Morgan fingerprint density at radius 2 is 2.04 bits per heavy atom. The first kappa shape index (κ1) is 17.7. The van der Waals surface area contributed by atoms with E-state index in [2.05, 4.69) is 31.3 Å². The zero-order chi connectivity index (χ0) is 19.0. The van der Waals surface area contributed by atoms with Gasteiger partial charge in [-0.25, -0.2) is 4.98 Å². The van der Waals surface area contributed by atoms with Gasteiger partial charge in [0.05, 0.1) is 12.0 Å². The molecule has 4 rings (SSSR count). The molecular formula is C19H15BrN4O2S. The number of carbonyl (C=O) groups is 1. The monoisotopic (exact) mass is 442 g/mol. The molecule has 0 saturated heterocycles. The topological polar surface area (TPSA) is 73.0 Å². The first-order valence-electron chi connectivity index (χ1n) is 8.13. The van der Waals surface area contributed by atoms with Crippen molar-refractivity contribution in [3.05, 3.63) is 63.9 Å². The third kappa shape index (κ3) is 3.45. The number of thiazole rings is 1. The van der Waals surface area contributed by atoms with Gasteiger partial charge in [0.1, 0.15) is 11.5 Å². The van der Waals surface area contributed by atoms with Gasteiger partial charge in [0, 0.05) is 22.5 Å². The van der Waals surface area contributed by atoms with Crippen LogP contribution in [0.4, 0.5) is 5.82 Å². The number of halogens is 1. The molecule has 4 aromatic rings. The van der Waals surface area contributed by atoms with Crippen molar-refractivity contribution >= 4 is 39.0 Å². The molecule has 27 heavy (non-hydrogen) atoms. The molecule has 3 heterocycles. The summed E-state index contributed by atoms with van der Waals surface area (Å²) in [7, 11) is 1.81.